The quantitative estimate of drug-likeness (QED) is 0.862. The highest BCUT2D eigenvalue weighted by Gasteiger charge is 2.04. The Labute approximate surface area is 117 Å². The number of rotatable bonds is 4. The smallest absolute Gasteiger partial charge is 0.137 e. The van der Waals surface area contributed by atoms with Gasteiger partial charge in [0.2, 0.25) is 0 Å². The standard InChI is InChI=1S/C12H10BrClFNS/c13-12-8(2-1-3-10(12)15)6-16-7-9-4-5-11(14)17-9/h1-5,16H,6-7H2. The molecule has 1 aromatic carbocycles. The topological polar surface area (TPSA) is 12.0 Å². The zero-order valence-electron chi connectivity index (χ0n) is 8.84. The summed E-state index contributed by atoms with van der Waals surface area (Å²) in [5.41, 5.74) is 0.910. The Balaban J connectivity index is 1.92. The molecule has 0 aliphatic carbocycles. The highest BCUT2D eigenvalue weighted by atomic mass is 79.9. The van der Waals surface area contributed by atoms with E-state index in [1.54, 1.807) is 17.4 Å². The van der Waals surface area contributed by atoms with Gasteiger partial charge < -0.3 is 5.32 Å². The molecule has 1 heterocycles. The minimum atomic E-state index is -0.233. The first-order valence-corrected chi connectivity index (χ1v) is 7.03. The second kappa shape index (κ2) is 5.96. The molecule has 0 amide bonds. The maximum Gasteiger partial charge on any atom is 0.137 e. The largest absolute Gasteiger partial charge is 0.308 e. The summed E-state index contributed by atoms with van der Waals surface area (Å²) in [6, 6.07) is 8.90. The predicted octanol–water partition coefficient (Wildman–Crippen LogP) is 4.59. The summed E-state index contributed by atoms with van der Waals surface area (Å²) in [4.78, 5) is 1.17. The second-order valence-corrected chi connectivity index (χ2v) is 6.11. The van der Waals surface area contributed by atoms with Crippen LogP contribution in [0, 0.1) is 5.82 Å². The van der Waals surface area contributed by atoms with Crippen LogP contribution in [0.2, 0.25) is 4.34 Å². The molecule has 1 aromatic heterocycles. The molecule has 0 saturated heterocycles. The number of halogens is 3. The zero-order chi connectivity index (χ0) is 12.3. The molecule has 0 fully saturated rings. The Morgan fingerprint density at radius 2 is 2.06 bits per heavy atom. The molecule has 2 aromatic rings. The molecule has 2 rings (SSSR count). The first kappa shape index (κ1) is 13.0. The Hall–Kier alpha value is -0.420. The van der Waals surface area contributed by atoms with Crippen LogP contribution in [0.4, 0.5) is 4.39 Å². The van der Waals surface area contributed by atoms with Crippen molar-refractivity contribution in [2.75, 3.05) is 0 Å². The summed E-state index contributed by atoms with van der Waals surface area (Å²) in [5.74, 6) is -0.233. The fourth-order valence-corrected chi connectivity index (χ4v) is 2.91. The first-order chi connectivity index (χ1) is 8.16. The van der Waals surface area contributed by atoms with Crippen LogP contribution in [0.1, 0.15) is 10.4 Å². The van der Waals surface area contributed by atoms with Gasteiger partial charge in [0.15, 0.2) is 0 Å². The lowest BCUT2D eigenvalue weighted by atomic mass is 10.2. The SMILES string of the molecule is Fc1cccc(CNCc2ccc(Cl)s2)c1Br. The van der Waals surface area contributed by atoms with E-state index in [9.17, 15) is 4.39 Å². The van der Waals surface area contributed by atoms with E-state index >= 15 is 0 Å². The molecular weight excluding hydrogens is 325 g/mol. The maximum absolute atomic E-state index is 13.2. The molecule has 0 bridgehead atoms. The van der Waals surface area contributed by atoms with E-state index < -0.39 is 0 Å². The van der Waals surface area contributed by atoms with Gasteiger partial charge in [0, 0.05) is 18.0 Å². The number of thiophene rings is 1. The van der Waals surface area contributed by atoms with Crippen molar-refractivity contribution < 1.29 is 4.39 Å². The van der Waals surface area contributed by atoms with Gasteiger partial charge in [-0.15, -0.1) is 11.3 Å². The van der Waals surface area contributed by atoms with Crippen LogP contribution >= 0.6 is 38.9 Å². The summed E-state index contributed by atoms with van der Waals surface area (Å²) < 4.78 is 14.6. The molecule has 0 radical (unpaired) electrons. The molecule has 0 spiro atoms. The van der Waals surface area contributed by atoms with Crippen LogP contribution in [0.15, 0.2) is 34.8 Å². The van der Waals surface area contributed by atoms with Gasteiger partial charge in [0.1, 0.15) is 5.82 Å². The van der Waals surface area contributed by atoms with Crippen molar-refractivity contribution in [1.29, 1.82) is 0 Å². The van der Waals surface area contributed by atoms with Crippen molar-refractivity contribution in [3.05, 3.63) is 55.4 Å². The van der Waals surface area contributed by atoms with E-state index in [0.29, 0.717) is 11.0 Å². The monoisotopic (exact) mass is 333 g/mol. The fourth-order valence-electron chi connectivity index (χ4n) is 1.45. The van der Waals surface area contributed by atoms with Crippen LogP contribution in [0.25, 0.3) is 0 Å². The van der Waals surface area contributed by atoms with Crippen LogP contribution < -0.4 is 5.32 Å². The lowest BCUT2D eigenvalue weighted by molar-refractivity contribution is 0.612. The first-order valence-electron chi connectivity index (χ1n) is 5.04. The van der Waals surface area contributed by atoms with Crippen molar-refractivity contribution in [3.63, 3.8) is 0 Å². The maximum atomic E-state index is 13.2. The minimum Gasteiger partial charge on any atom is -0.308 e. The van der Waals surface area contributed by atoms with Crippen molar-refractivity contribution in [2.45, 2.75) is 13.1 Å². The van der Waals surface area contributed by atoms with Crippen molar-refractivity contribution in [1.82, 2.24) is 5.32 Å². The van der Waals surface area contributed by atoms with Gasteiger partial charge in [0.25, 0.3) is 0 Å². The average molecular weight is 335 g/mol. The van der Waals surface area contributed by atoms with Gasteiger partial charge in [-0.05, 0) is 39.7 Å². The number of benzene rings is 1. The molecule has 5 heteroatoms. The molecule has 0 aliphatic heterocycles. The zero-order valence-corrected chi connectivity index (χ0v) is 12.0. The number of nitrogens with one attached hydrogen (secondary N) is 1. The molecular formula is C12H10BrClFNS. The van der Waals surface area contributed by atoms with Gasteiger partial charge in [-0.25, -0.2) is 4.39 Å². The van der Waals surface area contributed by atoms with Crippen LogP contribution in [-0.2, 0) is 13.1 Å². The molecule has 90 valence electrons. The lowest BCUT2D eigenvalue weighted by Crippen LogP contribution is -2.12. The number of hydrogen-bond donors (Lipinski definition) is 1. The normalized spacial score (nSPS) is 10.8. The second-order valence-electron chi connectivity index (χ2n) is 3.52. The summed E-state index contributed by atoms with van der Waals surface area (Å²) in [7, 11) is 0. The third-order valence-corrected chi connectivity index (χ3v) is 4.39. The summed E-state index contributed by atoms with van der Waals surface area (Å²) in [5, 5.41) is 3.25. The van der Waals surface area contributed by atoms with Gasteiger partial charge >= 0.3 is 0 Å². The third-order valence-electron chi connectivity index (χ3n) is 2.28. The van der Waals surface area contributed by atoms with Crippen LogP contribution in [0.5, 0.6) is 0 Å². The summed E-state index contributed by atoms with van der Waals surface area (Å²) in [6.07, 6.45) is 0. The van der Waals surface area contributed by atoms with Gasteiger partial charge in [0.05, 0.1) is 8.81 Å². The Kier molecular flexibility index (Phi) is 4.56. The Morgan fingerprint density at radius 3 is 2.76 bits per heavy atom. The third kappa shape index (κ3) is 3.52. The van der Waals surface area contributed by atoms with E-state index in [0.717, 1.165) is 16.4 Å². The fraction of sp³-hybridized carbons (Fsp3) is 0.167. The highest BCUT2D eigenvalue weighted by molar-refractivity contribution is 9.10. The lowest BCUT2D eigenvalue weighted by Gasteiger charge is -2.06. The predicted molar refractivity (Wildman–Crippen MR) is 74.0 cm³/mol. The van der Waals surface area contributed by atoms with Gasteiger partial charge in [-0.3, -0.25) is 0 Å². The summed E-state index contributed by atoms with van der Waals surface area (Å²) >= 11 is 10.6. The van der Waals surface area contributed by atoms with E-state index in [1.165, 1.54) is 10.9 Å². The van der Waals surface area contributed by atoms with Crippen molar-refractivity contribution in [3.8, 4) is 0 Å². The summed E-state index contributed by atoms with van der Waals surface area (Å²) in [6.45, 7) is 1.36. The average Bonchev–Trinajstić information content (AvgIpc) is 2.70. The van der Waals surface area contributed by atoms with E-state index in [1.807, 2.05) is 18.2 Å². The van der Waals surface area contributed by atoms with E-state index in [4.69, 9.17) is 11.6 Å². The highest BCUT2D eigenvalue weighted by Crippen LogP contribution is 2.22. The van der Waals surface area contributed by atoms with Crippen molar-refractivity contribution in [2.24, 2.45) is 0 Å². The van der Waals surface area contributed by atoms with E-state index in [2.05, 4.69) is 21.2 Å². The van der Waals surface area contributed by atoms with E-state index in [-0.39, 0.29) is 5.82 Å². The molecule has 1 N–H and O–H groups in total. The van der Waals surface area contributed by atoms with Gasteiger partial charge in [-0.2, -0.15) is 0 Å². The van der Waals surface area contributed by atoms with Gasteiger partial charge in [-0.1, -0.05) is 23.7 Å². The van der Waals surface area contributed by atoms with Crippen molar-refractivity contribution >= 4 is 38.9 Å². The molecule has 0 saturated carbocycles. The van der Waals surface area contributed by atoms with Crippen LogP contribution in [0.3, 0.4) is 0 Å². The number of hydrogen-bond acceptors (Lipinski definition) is 2. The molecule has 1 nitrogen and oxygen atoms in total. The molecule has 0 atom stereocenters. The molecule has 0 aliphatic rings. The van der Waals surface area contributed by atoms with Crippen LogP contribution in [-0.4, -0.2) is 0 Å². The minimum absolute atomic E-state index is 0.233. The molecule has 17 heavy (non-hydrogen) atoms. The molecule has 0 unspecified atom stereocenters. The Bertz CT molecular complexity index is 515. The Morgan fingerprint density at radius 1 is 1.24 bits per heavy atom.